The van der Waals surface area contributed by atoms with Crippen LogP contribution >= 0.6 is 0 Å². The lowest BCUT2D eigenvalue weighted by molar-refractivity contribution is -0.384. The molecule has 0 unspecified atom stereocenters. The van der Waals surface area contributed by atoms with Gasteiger partial charge in [0.2, 0.25) is 0 Å². The first-order valence-electron chi connectivity index (χ1n) is 14.6. The van der Waals surface area contributed by atoms with E-state index in [1.807, 2.05) is 0 Å². The smallest absolute Gasteiger partial charge is 0.269 e. The third-order valence-corrected chi connectivity index (χ3v) is 9.74. The van der Waals surface area contributed by atoms with E-state index in [4.69, 9.17) is 0 Å². The number of hydrogen-bond donors (Lipinski definition) is 0. The molecular formula is C36H43NO6S2. The number of non-ortho nitro benzene ring substituents is 1. The van der Waals surface area contributed by atoms with E-state index < -0.39 is 15.3 Å². The van der Waals surface area contributed by atoms with Crippen molar-refractivity contribution < 1.29 is 22.1 Å². The third kappa shape index (κ3) is 10.4. The lowest BCUT2D eigenvalue weighted by Crippen LogP contribution is -2.13. The fourth-order valence-electron chi connectivity index (χ4n) is 4.42. The van der Waals surface area contributed by atoms with Crippen molar-refractivity contribution in [1.82, 2.24) is 0 Å². The Kier molecular flexibility index (Phi) is 11.0. The van der Waals surface area contributed by atoms with Gasteiger partial charge in [-0.25, -0.2) is 8.42 Å². The molecule has 4 aromatic rings. The fraction of sp³-hybridized carbons (Fsp3) is 0.333. The predicted octanol–water partition coefficient (Wildman–Crippen LogP) is 9.11. The Morgan fingerprint density at radius 2 is 0.844 bits per heavy atom. The van der Waals surface area contributed by atoms with Crippen molar-refractivity contribution in [2.24, 2.45) is 0 Å². The highest BCUT2D eigenvalue weighted by Gasteiger charge is 2.30. The van der Waals surface area contributed by atoms with Crippen LogP contribution in [-0.4, -0.2) is 17.9 Å². The summed E-state index contributed by atoms with van der Waals surface area (Å²) in [7, 11) is -4.95. The molecule has 7 nitrogen and oxygen atoms in total. The van der Waals surface area contributed by atoms with Crippen LogP contribution in [0.3, 0.4) is 0 Å². The molecule has 0 aliphatic carbocycles. The Bertz CT molecular complexity index is 1540. The zero-order valence-electron chi connectivity index (χ0n) is 27.5. The number of nitrogens with zero attached hydrogens (tertiary/aromatic N) is 1. The van der Waals surface area contributed by atoms with Gasteiger partial charge in [-0.2, -0.15) is 0 Å². The van der Waals surface area contributed by atoms with Crippen LogP contribution in [0.5, 0.6) is 5.75 Å². The quantitative estimate of drug-likeness (QED) is 0.0677. The van der Waals surface area contributed by atoms with E-state index in [1.54, 1.807) is 0 Å². The molecule has 0 aromatic heterocycles. The molecule has 0 radical (unpaired) electrons. The van der Waals surface area contributed by atoms with E-state index in [0.717, 1.165) is 24.3 Å². The molecule has 0 amide bonds. The van der Waals surface area contributed by atoms with Crippen LogP contribution in [0.15, 0.2) is 112 Å². The highest BCUT2D eigenvalue weighted by Crippen LogP contribution is 2.35. The van der Waals surface area contributed by atoms with Crippen LogP contribution < -0.4 is 4.18 Å². The molecule has 9 heteroatoms. The van der Waals surface area contributed by atoms with Crippen molar-refractivity contribution in [2.75, 3.05) is 0 Å². The standard InChI is InChI=1S/C30H39S.C6H5NO6S/c1-28(2,3)22-10-16-25(17-11-22)31(26-18-12-23(13-19-26)29(4,5)6)27-20-14-24(15-21-27)30(7,8)9;8-7(9)5-1-3-6(4-2-5)13-14(10,11)12/h10-21H,1-9H3;1-4H,(H,10,11,12)/q+1;/p-1. The summed E-state index contributed by atoms with van der Waals surface area (Å²) >= 11 is 0. The summed E-state index contributed by atoms with van der Waals surface area (Å²) < 4.78 is 34.3. The first kappa shape index (κ1) is 35.8. The molecule has 0 atom stereocenters. The van der Waals surface area contributed by atoms with E-state index >= 15 is 0 Å². The average Bonchev–Trinajstić information content (AvgIpc) is 2.92. The van der Waals surface area contributed by atoms with E-state index in [2.05, 4.69) is 139 Å². The minimum absolute atomic E-state index is 0.120. The van der Waals surface area contributed by atoms with Gasteiger partial charge in [-0.1, -0.05) is 98.7 Å². The molecule has 45 heavy (non-hydrogen) atoms. The van der Waals surface area contributed by atoms with Gasteiger partial charge in [0.15, 0.2) is 14.7 Å². The first-order chi connectivity index (χ1) is 20.6. The summed E-state index contributed by atoms with van der Waals surface area (Å²) in [6.45, 7) is 20.5. The third-order valence-electron chi connectivity index (χ3n) is 7.11. The number of nitro benzene ring substituents is 1. The maximum atomic E-state index is 10.2. The molecule has 240 valence electrons. The minimum Gasteiger partial charge on any atom is -0.716 e. The molecule has 4 aromatic carbocycles. The summed E-state index contributed by atoms with van der Waals surface area (Å²) in [5, 5.41) is 10.2. The van der Waals surface area contributed by atoms with Crippen LogP contribution in [0.1, 0.15) is 79.0 Å². The SMILES string of the molecule is CC(C)(C)c1ccc([S+](c2ccc(C(C)(C)C)cc2)c2ccc(C(C)(C)C)cc2)cc1.O=[N+]([O-])c1ccc(OS(=O)(=O)[O-])cc1. The number of nitro groups is 1. The Labute approximate surface area is 271 Å². The van der Waals surface area contributed by atoms with Crippen molar-refractivity contribution >= 4 is 27.0 Å². The molecule has 0 N–H and O–H groups in total. The second kappa shape index (κ2) is 13.8. The summed E-state index contributed by atoms with van der Waals surface area (Å²) in [5.41, 5.74) is 4.42. The number of hydrogen-bond acceptors (Lipinski definition) is 6. The Hall–Kier alpha value is -3.66. The van der Waals surface area contributed by atoms with Gasteiger partial charge < -0.3 is 8.74 Å². The number of rotatable bonds is 6. The molecule has 4 rings (SSSR count). The van der Waals surface area contributed by atoms with Gasteiger partial charge in [0.25, 0.3) is 16.1 Å². The van der Waals surface area contributed by atoms with Crippen LogP contribution in [0, 0.1) is 10.1 Å². The summed E-state index contributed by atoms with van der Waals surface area (Å²) in [6, 6.07) is 31.9. The Morgan fingerprint density at radius 1 is 0.556 bits per heavy atom. The van der Waals surface area contributed by atoms with E-state index in [1.165, 1.54) is 31.4 Å². The largest absolute Gasteiger partial charge is 0.716 e. The summed E-state index contributed by atoms with van der Waals surface area (Å²) in [5.74, 6) is -0.259. The Balaban J connectivity index is 0.000000330. The maximum absolute atomic E-state index is 10.2. The maximum Gasteiger partial charge on any atom is 0.269 e. The minimum atomic E-state index is -4.83. The molecule has 0 spiro atoms. The average molecular weight is 650 g/mol. The highest BCUT2D eigenvalue weighted by atomic mass is 32.3. The molecule has 0 heterocycles. The van der Waals surface area contributed by atoms with E-state index in [9.17, 15) is 23.1 Å². The topological polar surface area (TPSA) is 110 Å². The summed E-state index contributed by atoms with van der Waals surface area (Å²) in [6.07, 6.45) is 0. The van der Waals surface area contributed by atoms with Gasteiger partial charge in [0.1, 0.15) is 5.75 Å². The predicted molar refractivity (Wildman–Crippen MR) is 181 cm³/mol. The lowest BCUT2D eigenvalue weighted by Gasteiger charge is -2.21. The molecule has 0 aliphatic heterocycles. The second-order valence-corrected chi connectivity index (χ2v) is 16.9. The highest BCUT2D eigenvalue weighted by molar-refractivity contribution is 7.97. The summed E-state index contributed by atoms with van der Waals surface area (Å²) in [4.78, 5) is 13.7. The zero-order valence-corrected chi connectivity index (χ0v) is 29.1. The molecule has 0 fully saturated rings. The van der Waals surface area contributed by atoms with Gasteiger partial charge in [-0.05, 0) is 81.5 Å². The van der Waals surface area contributed by atoms with Crippen LogP contribution in [0.4, 0.5) is 5.69 Å². The van der Waals surface area contributed by atoms with Gasteiger partial charge in [0, 0.05) is 12.1 Å². The van der Waals surface area contributed by atoms with Gasteiger partial charge in [0.05, 0.1) is 15.8 Å². The van der Waals surface area contributed by atoms with Gasteiger partial charge >= 0.3 is 0 Å². The van der Waals surface area contributed by atoms with Crippen LogP contribution in [0.25, 0.3) is 0 Å². The van der Waals surface area contributed by atoms with Crippen molar-refractivity contribution in [3.05, 3.63) is 124 Å². The normalized spacial score (nSPS) is 12.3. The van der Waals surface area contributed by atoms with Gasteiger partial charge in [-0.3, -0.25) is 10.1 Å². The van der Waals surface area contributed by atoms with Crippen molar-refractivity contribution in [2.45, 2.75) is 93.2 Å². The van der Waals surface area contributed by atoms with Crippen molar-refractivity contribution in [1.29, 1.82) is 0 Å². The molecular weight excluding hydrogens is 607 g/mol. The van der Waals surface area contributed by atoms with Crippen LogP contribution in [-0.2, 0) is 37.5 Å². The van der Waals surface area contributed by atoms with Crippen LogP contribution in [0.2, 0.25) is 0 Å². The molecule has 0 aliphatic rings. The molecule has 0 saturated heterocycles. The lowest BCUT2D eigenvalue weighted by atomic mass is 9.87. The van der Waals surface area contributed by atoms with Crippen molar-refractivity contribution in [3.8, 4) is 5.75 Å². The van der Waals surface area contributed by atoms with E-state index in [0.29, 0.717) is 0 Å². The molecule has 0 saturated carbocycles. The fourth-order valence-corrected chi connectivity index (χ4v) is 6.81. The first-order valence-corrected chi connectivity index (χ1v) is 17.2. The van der Waals surface area contributed by atoms with Crippen molar-refractivity contribution in [3.63, 3.8) is 0 Å². The monoisotopic (exact) mass is 649 g/mol. The molecule has 0 bridgehead atoms. The van der Waals surface area contributed by atoms with Gasteiger partial charge in [-0.15, -0.1) is 0 Å². The van der Waals surface area contributed by atoms with E-state index in [-0.39, 0.29) is 38.6 Å². The second-order valence-electron chi connectivity index (χ2n) is 13.9. The Morgan fingerprint density at radius 3 is 1.07 bits per heavy atom. The number of benzene rings is 4. The zero-order chi connectivity index (χ0) is 33.8.